The maximum Gasteiger partial charge on any atom is 0.256 e. The molecule has 10 atom stereocenters. The van der Waals surface area contributed by atoms with E-state index in [4.69, 9.17) is 28.4 Å². The third kappa shape index (κ3) is 8.20. The van der Waals surface area contributed by atoms with Gasteiger partial charge in [0.05, 0.1) is 30.4 Å². The topological polar surface area (TPSA) is 165 Å². The van der Waals surface area contributed by atoms with Crippen LogP contribution in [0.4, 0.5) is 0 Å². The quantitative estimate of drug-likeness (QED) is 0.164. The Morgan fingerprint density at radius 3 is 2.51 bits per heavy atom. The lowest BCUT2D eigenvalue weighted by Gasteiger charge is -2.54. The number of carbonyl (C=O) groups is 2. The number of aliphatic hydroxyl groups is 2. The molecule has 0 aromatic carbocycles. The molecule has 3 rings (SSSR count). The van der Waals surface area contributed by atoms with E-state index in [1.165, 1.54) is 13.2 Å². The third-order valence-electron chi connectivity index (χ3n) is 8.63. The van der Waals surface area contributed by atoms with E-state index >= 15 is 0 Å². The van der Waals surface area contributed by atoms with Crippen LogP contribution in [0.5, 0.6) is 0 Å². The van der Waals surface area contributed by atoms with Crippen molar-refractivity contribution in [3.63, 3.8) is 0 Å². The normalized spacial score (nSPS) is 36.1. The summed E-state index contributed by atoms with van der Waals surface area (Å²) in [7, 11) is 2.94. The number of aliphatic hydroxyl groups excluding tert-OH is 2. The van der Waals surface area contributed by atoms with Gasteiger partial charge in [0, 0.05) is 38.4 Å². The minimum Gasteiger partial charge on any atom is -0.545 e. The van der Waals surface area contributed by atoms with Gasteiger partial charge in [-0.2, -0.15) is 0 Å². The molecule has 1 amide bonds. The number of carbonyl (C=O) groups excluding carboxylic acids is 2. The minimum absolute atomic E-state index is 0.0282. The van der Waals surface area contributed by atoms with Crippen molar-refractivity contribution in [2.45, 2.75) is 102 Å². The number of allylic oxidation sites excluding steroid dienone is 4. The van der Waals surface area contributed by atoms with Gasteiger partial charge in [0.25, 0.3) is 5.91 Å². The smallest absolute Gasteiger partial charge is 0.256 e. The Hall–Kier alpha value is -2.42. The molecule has 12 heteroatoms. The molecule has 0 spiro atoms. The highest BCUT2D eigenvalue weighted by Gasteiger charge is 2.57. The van der Waals surface area contributed by atoms with E-state index in [9.17, 15) is 24.9 Å². The SMILES string of the molecule is C=C1C[C@](OC)([C@H](O)C(=O)N[C@H]2OCO[C@H]3[C@H]2O[C@H](C[C@H](O)/C=C/C/C=C/C=C/C(=O)[O-])C(C)(C)[C@@H]3OC)O[C@H](C)[C@@H]1C. The summed E-state index contributed by atoms with van der Waals surface area (Å²) >= 11 is 0. The van der Waals surface area contributed by atoms with Crippen molar-refractivity contribution in [3.8, 4) is 0 Å². The number of carboxylic acids is 1. The first-order chi connectivity index (χ1) is 20.3. The number of aliphatic carboxylic acids is 1. The standard InChI is InChI=1S/C31H47NO11/c1-18-16-31(39-7,43-20(3)19(18)2)26(36)28(37)32-29-25-24(40-17-41-29)27(38-6)30(4,5)22(42-25)15-21(33)13-11-9-8-10-12-14-23(34)35/h8,10-14,19-22,24-27,29,33,36H,1,9,15-17H2,2-7H3,(H,32,37)(H,34,35)/p-1/b10-8+,13-11+,14-12+/t19-,20-,21-,22-,24+,25-,26-,27-,29+,31-/m1/s1. The molecular formula is C31H46NO11-. The van der Waals surface area contributed by atoms with Crippen molar-refractivity contribution in [3.05, 3.63) is 48.6 Å². The van der Waals surface area contributed by atoms with E-state index in [0.717, 1.165) is 11.6 Å². The van der Waals surface area contributed by atoms with Gasteiger partial charge in [0.15, 0.2) is 12.3 Å². The fraction of sp³-hybridized carbons (Fsp3) is 0.677. The van der Waals surface area contributed by atoms with E-state index in [1.54, 1.807) is 31.4 Å². The van der Waals surface area contributed by atoms with Crippen LogP contribution < -0.4 is 10.4 Å². The molecular weight excluding hydrogens is 562 g/mol. The molecule has 3 N–H and O–H groups in total. The number of carboxylic acid groups (broad SMARTS) is 1. The zero-order valence-corrected chi connectivity index (χ0v) is 25.8. The summed E-state index contributed by atoms with van der Waals surface area (Å²) in [6.45, 7) is 11.6. The number of amides is 1. The van der Waals surface area contributed by atoms with Crippen LogP contribution >= 0.6 is 0 Å². The van der Waals surface area contributed by atoms with Crippen LogP contribution in [0.15, 0.2) is 48.6 Å². The summed E-state index contributed by atoms with van der Waals surface area (Å²) in [4.78, 5) is 23.8. The van der Waals surface area contributed by atoms with Crippen molar-refractivity contribution in [2.24, 2.45) is 11.3 Å². The third-order valence-corrected chi connectivity index (χ3v) is 8.63. The van der Waals surface area contributed by atoms with E-state index < -0.39 is 65.9 Å². The highest BCUT2D eigenvalue weighted by atomic mass is 16.7. The Kier molecular flexibility index (Phi) is 12.3. The maximum absolute atomic E-state index is 13.4. The fourth-order valence-electron chi connectivity index (χ4n) is 5.84. The number of methoxy groups -OCH3 is 2. The first kappa shape index (κ1) is 35.1. The molecule has 242 valence electrons. The van der Waals surface area contributed by atoms with Gasteiger partial charge >= 0.3 is 0 Å². The van der Waals surface area contributed by atoms with E-state index in [1.807, 2.05) is 27.7 Å². The number of ether oxygens (including phenoxy) is 6. The summed E-state index contributed by atoms with van der Waals surface area (Å²) < 4.78 is 35.5. The second kappa shape index (κ2) is 15.0. The summed E-state index contributed by atoms with van der Waals surface area (Å²) in [5, 5.41) is 35.1. The van der Waals surface area contributed by atoms with Gasteiger partial charge < -0.3 is 53.9 Å². The summed E-state index contributed by atoms with van der Waals surface area (Å²) in [6.07, 6.45) is 3.47. The lowest BCUT2D eigenvalue weighted by Crippen LogP contribution is -2.69. The van der Waals surface area contributed by atoms with Crippen LogP contribution in [-0.2, 0) is 38.0 Å². The van der Waals surface area contributed by atoms with Crippen molar-refractivity contribution in [1.82, 2.24) is 5.32 Å². The fourth-order valence-corrected chi connectivity index (χ4v) is 5.84. The van der Waals surface area contributed by atoms with Crippen molar-refractivity contribution < 1.29 is 53.3 Å². The van der Waals surface area contributed by atoms with Crippen LogP contribution in [0.1, 0.15) is 47.0 Å². The highest BCUT2D eigenvalue weighted by molar-refractivity contribution is 5.82. The molecule has 12 nitrogen and oxygen atoms in total. The van der Waals surface area contributed by atoms with Crippen molar-refractivity contribution >= 4 is 11.9 Å². The number of fused-ring (bicyclic) bond motifs is 1. The van der Waals surface area contributed by atoms with Crippen LogP contribution in [-0.4, -0.2) is 97.8 Å². The average Bonchev–Trinajstić information content (AvgIpc) is 2.95. The summed E-state index contributed by atoms with van der Waals surface area (Å²) in [6, 6.07) is 0. The zero-order chi connectivity index (χ0) is 31.9. The van der Waals surface area contributed by atoms with Gasteiger partial charge in [-0.1, -0.05) is 63.3 Å². The van der Waals surface area contributed by atoms with Gasteiger partial charge in [-0.15, -0.1) is 0 Å². The Bertz CT molecular complexity index is 1070. The van der Waals surface area contributed by atoms with E-state index in [-0.39, 0.29) is 31.7 Å². The number of hydrogen-bond donors (Lipinski definition) is 3. The molecule has 0 aromatic rings. The predicted molar refractivity (Wildman–Crippen MR) is 153 cm³/mol. The molecule has 0 aliphatic carbocycles. The Morgan fingerprint density at radius 2 is 1.88 bits per heavy atom. The monoisotopic (exact) mass is 608 g/mol. The molecule has 0 radical (unpaired) electrons. The predicted octanol–water partition coefficient (Wildman–Crippen LogP) is 0.875. The van der Waals surface area contributed by atoms with Crippen LogP contribution in [0, 0.1) is 11.3 Å². The molecule has 3 saturated heterocycles. The Balaban J connectivity index is 1.71. The summed E-state index contributed by atoms with van der Waals surface area (Å²) in [5.74, 6) is -3.63. The number of nitrogens with one attached hydrogen (secondary N) is 1. The van der Waals surface area contributed by atoms with Crippen molar-refractivity contribution in [2.75, 3.05) is 21.0 Å². The lowest BCUT2D eigenvalue weighted by molar-refractivity contribution is -0.332. The molecule has 3 fully saturated rings. The van der Waals surface area contributed by atoms with E-state index in [2.05, 4.69) is 11.9 Å². The highest BCUT2D eigenvalue weighted by Crippen LogP contribution is 2.44. The molecule has 3 heterocycles. The minimum atomic E-state index is -1.69. The first-order valence-electron chi connectivity index (χ1n) is 14.5. The average molecular weight is 609 g/mol. The maximum atomic E-state index is 13.4. The Labute approximate surface area is 253 Å². The molecule has 0 unspecified atom stereocenters. The van der Waals surface area contributed by atoms with Gasteiger partial charge in [-0.25, -0.2) is 0 Å². The Morgan fingerprint density at radius 1 is 1.16 bits per heavy atom. The van der Waals surface area contributed by atoms with Crippen LogP contribution in [0.3, 0.4) is 0 Å². The number of rotatable bonds is 12. The van der Waals surface area contributed by atoms with Crippen LogP contribution in [0.25, 0.3) is 0 Å². The lowest BCUT2D eigenvalue weighted by atomic mass is 9.72. The second-order valence-corrected chi connectivity index (χ2v) is 11.9. The zero-order valence-electron chi connectivity index (χ0n) is 25.8. The molecule has 0 aromatic heterocycles. The van der Waals surface area contributed by atoms with Gasteiger partial charge in [-0.05, 0) is 19.4 Å². The summed E-state index contributed by atoms with van der Waals surface area (Å²) in [5.41, 5.74) is 0.198. The second-order valence-electron chi connectivity index (χ2n) is 11.9. The molecule has 3 aliphatic heterocycles. The molecule has 43 heavy (non-hydrogen) atoms. The van der Waals surface area contributed by atoms with E-state index in [0.29, 0.717) is 6.42 Å². The molecule has 3 aliphatic rings. The van der Waals surface area contributed by atoms with Gasteiger partial charge in [0.1, 0.15) is 19.0 Å². The first-order valence-corrected chi connectivity index (χ1v) is 14.5. The molecule has 0 bridgehead atoms. The van der Waals surface area contributed by atoms with Gasteiger partial charge in [-0.3, -0.25) is 4.79 Å². The largest absolute Gasteiger partial charge is 0.545 e. The van der Waals surface area contributed by atoms with Crippen LogP contribution in [0.2, 0.25) is 0 Å². The number of hydrogen-bond acceptors (Lipinski definition) is 11. The molecule has 0 saturated carbocycles. The van der Waals surface area contributed by atoms with Gasteiger partial charge in [0.2, 0.25) is 5.79 Å². The van der Waals surface area contributed by atoms with Crippen molar-refractivity contribution in [1.29, 1.82) is 0 Å².